The van der Waals surface area contributed by atoms with Gasteiger partial charge in [0.05, 0.1) is 25.4 Å². The Morgan fingerprint density at radius 3 is 1.82 bits per heavy atom. The highest BCUT2D eigenvalue weighted by molar-refractivity contribution is 5.02. The summed E-state index contributed by atoms with van der Waals surface area (Å²) in [5.41, 5.74) is 0.956. The molecule has 2 saturated heterocycles. The summed E-state index contributed by atoms with van der Waals surface area (Å²) in [6.45, 7) is 3.07. The average molecular weight is 154 g/mol. The summed E-state index contributed by atoms with van der Waals surface area (Å²) in [6, 6.07) is 0. The van der Waals surface area contributed by atoms with Gasteiger partial charge in [-0.05, 0) is 25.7 Å². The van der Waals surface area contributed by atoms with E-state index in [0.717, 1.165) is 19.8 Å². The van der Waals surface area contributed by atoms with Crippen LogP contribution in [0.1, 0.15) is 25.7 Å². The first-order valence-electron chi connectivity index (χ1n) is 4.55. The van der Waals surface area contributed by atoms with E-state index in [2.05, 4.69) is 0 Å². The van der Waals surface area contributed by atoms with Crippen LogP contribution in [0.15, 0.2) is 0 Å². The molecule has 2 heterocycles. The summed E-state index contributed by atoms with van der Waals surface area (Å²) in [7, 11) is 0. The number of hydrogen-bond donors (Lipinski definition) is 0. The van der Waals surface area contributed by atoms with Gasteiger partial charge in [0.1, 0.15) is 0 Å². The van der Waals surface area contributed by atoms with E-state index in [1.165, 1.54) is 25.7 Å². The maximum absolute atomic E-state index is 5.46. The van der Waals surface area contributed by atoms with Crippen molar-refractivity contribution in [3.05, 3.63) is 0 Å². The topological polar surface area (TPSA) is 21.8 Å². The van der Waals surface area contributed by atoms with Gasteiger partial charge in [-0.2, -0.15) is 0 Å². The van der Waals surface area contributed by atoms with Crippen LogP contribution in [0.5, 0.6) is 0 Å². The summed E-state index contributed by atoms with van der Waals surface area (Å²) < 4.78 is 10.7. The molecule has 0 N–H and O–H groups in total. The highest BCUT2D eigenvalue weighted by Crippen LogP contribution is 2.51. The minimum absolute atomic E-state index is 0.362. The molecule has 0 radical (unpaired) electrons. The van der Waals surface area contributed by atoms with Crippen LogP contribution in [0.2, 0.25) is 0 Å². The van der Waals surface area contributed by atoms with Crippen molar-refractivity contribution < 1.29 is 9.47 Å². The summed E-state index contributed by atoms with van der Waals surface area (Å²) in [6.07, 6.45) is 5.26. The van der Waals surface area contributed by atoms with Crippen molar-refractivity contribution in [1.82, 2.24) is 0 Å². The number of epoxide rings is 1. The van der Waals surface area contributed by atoms with Crippen LogP contribution >= 0.6 is 0 Å². The fourth-order valence-electron chi connectivity index (χ4n) is 2.31. The van der Waals surface area contributed by atoms with Crippen LogP contribution in [0.25, 0.3) is 0 Å². The van der Waals surface area contributed by atoms with Gasteiger partial charge in [0.15, 0.2) is 0 Å². The Kier molecular flexibility index (Phi) is 1.06. The molecular weight excluding hydrogens is 140 g/mol. The van der Waals surface area contributed by atoms with Crippen LogP contribution in [-0.2, 0) is 9.47 Å². The SMILES string of the molecule is C1CC2(CCC13COC3)CO2. The first-order valence-corrected chi connectivity index (χ1v) is 4.55. The minimum Gasteiger partial charge on any atom is -0.380 e. The quantitative estimate of drug-likeness (QED) is 0.491. The zero-order chi connectivity index (χ0) is 7.36. The van der Waals surface area contributed by atoms with Crippen molar-refractivity contribution in [2.75, 3.05) is 19.8 Å². The summed E-state index contributed by atoms with van der Waals surface area (Å²) in [5, 5.41) is 0. The number of rotatable bonds is 0. The van der Waals surface area contributed by atoms with Gasteiger partial charge in [-0.3, -0.25) is 0 Å². The molecule has 0 bridgehead atoms. The largest absolute Gasteiger partial charge is 0.380 e. The highest BCUT2D eigenvalue weighted by Gasteiger charge is 2.53. The van der Waals surface area contributed by atoms with E-state index in [4.69, 9.17) is 9.47 Å². The monoisotopic (exact) mass is 154 g/mol. The summed E-state index contributed by atoms with van der Waals surface area (Å²) >= 11 is 0. The Hall–Kier alpha value is -0.0800. The standard InChI is InChI=1S/C9H14O2/c1-3-9(7-11-9)4-2-8(1)5-10-6-8/h1-7H2. The lowest BCUT2D eigenvalue weighted by atomic mass is 9.69. The zero-order valence-corrected chi connectivity index (χ0v) is 6.77. The molecule has 0 aromatic rings. The first kappa shape index (κ1) is 6.44. The molecule has 62 valence electrons. The minimum atomic E-state index is 0.362. The van der Waals surface area contributed by atoms with Gasteiger partial charge in [0, 0.05) is 5.41 Å². The van der Waals surface area contributed by atoms with Gasteiger partial charge >= 0.3 is 0 Å². The second-order valence-electron chi connectivity index (χ2n) is 4.46. The lowest BCUT2D eigenvalue weighted by Crippen LogP contribution is -2.46. The maximum atomic E-state index is 5.46. The Morgan fingerprint density at radius 2 is 1.45 bits per heavy atom. The van der Waals surface area contributed by atoms with Crippen LogP contribution < -0.4 is 0 Å². The molecule has 3 aliphatic rings. The highest BCUT2D eigenvalue weighted by atomic mass is 16.6. The molecule has 11 heavy (non-hydrogen) atoms. The third-order valence-corrected chi connectivity index (χ3v) is 3.59. The summed E-state index contributed by atoms with van der Waals surface area (Å²) in [4.78, 5) is 0. The van der Waals surface area contributed by atoms with E-state index >= 15 is 0 Å². The van der Waals surface area contributed by atoms with E-state index in [9.17, 15) is 0 Å². The third-order valence-electron chi connectivity index (χ3n) is 3.59. The Morgan fingerprint density at radius 1 is 0.818 bits per heavy atom. The number of hydrogen-bond acceptors (Lipinski definition) is 2. The Bertz CT molecular complexity index is 168. The molecule has 1 saturated carbocycles. The lowest BCUT2D eigenvalue weighted by molar-refractivity contribution is -0.137. The van der Waals surface area contributed by atoms with E-state index in [1.807, 2.05) is 0 Å². The maximum Gasteiger partial charge on any atom is 0.0917 e. The molecular formula is C9H14O2. The van der Waals surface area contributed by atoms with Crippen LogP contribution in [0, 0.1) is 5.41 Å². The third kappa shape index (κ3) is 0.859. The fraction of sp³-hybridized carbons (Fsp3) is 1.00. The molecule has 3 rings (SSSR count). The van der Waals surface area contributed by atoms with Crippen LogP contribution in [0.3, 0.4) is 0 Å². The van der Waals surface area contributed by atoms with E-state index < -0.39 is 0 Å². The van der Waals surface area contributed by atoms with E-state index in [0.29, 0.717) is 11.0 Å². The second kappa shape index (κ2) is 1.80. The van der Waals surface area contributed by atoms with Gasteiger partial charge < -0.3 is 9.47 Å². The van der Waals surface area contributed by atoms with E-state index in [-0.39, 0.29) is 0 Å². The molecule has 3 fully saturated rings. The van der Waals surface area contributed by atoms with Gasteiger partial charge in [-0.1, -0.05) is 0 Å². The van der Waals surface area contributed by atoms with Gasteiger partial charge in [0.25, 0.3) is 0 Å². The molecule has 0 aromatic carbocycles. The number of ether oxygens (including phenoxy) is 2. The molecule has 1 aliphatic carbocycles. The Balaban J connectivity index is 1.68. The predicted molar refractivity (Wildman–Crippen MR) is 40.4 cm³/mol. The predicted octanol–water partition coefficient (Wildman–Crippen LogP) is 1.35. The molecule has 2 aliphatic heterocycles. The molecule has 0 unspecified atom stereocenters. The van der Waals surface area contributed by atoms with Crippen molar-refractivity contribution in [2.45, 2.75) is 31.3 Å². The molecule has 2 spiro atoms. The molecule has 0 amide bonds. The van der Waals surface area contributed by atoms with E-state index in [1.54, 1.807) is 0 Å². The average Bonchev–Trinajstić information content (AvgIpc) is 2.69. The van der Waals surface area contributed by atoms with Crippen molar-refractivity contribution >= 4 is 0 Å². The van der Waals surface area contributed by atoms with Crippen LogP contribution in [0.4, 0.5) is 0 Å². The van der Waals surface area contributed by atoms with Gasteiger partial charge in [0.2, 0.25) is 0 Å². The van der Waals surface area contributed by atoms with Gasteiger partial charge in [-0.15, -0.1) is 0 Å². The van der Waals surface area contributed by atoms with Crippen molar-refractivity contribution in [2.24, 2.45) is 5.41 Å². The van der Waals surface area contributed by atoms with Crippen molar-refractivity contribution in [3.8, 4) is 0 Å². The first-order chi connectivity index (χ1) is 5.33. The molecule has 2 heteroatoms. The van der Waals surface area contributed by atoms with Crippen molar-refractivity contribution in [3.63, 3.8) is 0 Å². The summed E-state index contributed by atoms with van der Waals surface area (Å²) in [5.74, 6) is 0. The van der Waals surface area contributed by atoms with Gasteiger partial charge in [-0.25, -0.2) is 0 Å². The van der Waals surface area contributed by atoms with Crippen LogP contribution in [-0.4, -0.2) is 25.4 Å². The lowest BCUT2D eigenvalue weighted by Gasteiger charge is -2.45. The second-order valence-corrected chi connectivity index (χ2v) is 4.46. The Labute approximate surface area is 66.9 Å². The smallest absolute Gasteiger partial charge is 0.0917 e. The zero-order valence-electron chi connectivity index (χ0n) is 6.77. The van der Waals surface area contributed by atoms with Crippen molar-refractivity contribution in [1.29, 1.82) is 0 Å². The molecule has 2 nitrogen and oxygen atoms in total. The molecule has 0 atom stereocenters. The normalized spacial score (nSPS) is 37.1. The fourth-order valence-corrected chi connectivity index (χ4v) is 2.31. The molecule has 0 aromatic heterocycles.